The predicted octanol–water partition coefficient (Wildman–Crippen LogP) is 3.80. The number of halogens is 2. The van der Waals surface area contributed by atoms with Gasteiger partial charge in [0.05, 0.1) is 17.4 Å². The van der Waals surface area contributed by atoms with E-state index < -0.39 is 17.8 Å². The first-order valence-corrected chi connectivity index (χ1v) is 10.5. The van der Waals surface area contributed by atoms with Crippen molar-refractivity contribution in [2.75, 3.05) is 11.1 Å². The van der Waals surface area contributed by atoms with E-state index in [1.807, 2.05) is 6.92 Å². The third-order valence-electron chi connectivity index (χ3n) is 4.38. The van der Waals surface area contributed by atoms with Gasteiger partial charge in [-0.1, -0.05) is 23.9 Å². The van der Waals surface area contributed by atoms with Gasteiger partial charge in [-0.2, -0.15) is 0 Å². The Balaban J connectivity index is 1.63. The van der Waals surface area contributed by atoms with Gasteiger partial charge in [0, 0.05) is 12.2 Å². The molecule has 3 rings (SSSR count). The molecule has 0 aliphatic carbocycles. The van der Waals surface area contributed by atoms with Crippen LogP contribution < -0.4 is 10.6 Å². The third-order valence-corrected chi connectivity index (χ3v) is 5.34. The molecule has 0 aliphatic rings. The molecule has 0 aliphatic heterocycles. The van der Waals surface area contributed by atoms with Gasteiger partial charge in [0.2, 0.25) is 5.91 Å². The summed E-state index contributed by atoms with van der Waals surface area (Å²) in [6.07, 6.45) is 0. The number of thioether (sulfide) groups is 1. The van der Waals surface area contributed by atoms with E-state index in [-0.39, 0.29) is 23.0 Å². The molecule has 0 radical (unpaired) electrons. The summed E-state index contributed by atoms with van der Waals surface area (Å²) in [4.78, 5) is 24.5. The molecule has 0 bridgehead atoms. The minimum Gasteiger partial charge on any atom is -0.342 e. The standard InChI is InChI=1S/C21H21F2N5O2S/c1-3-28-19(13(2)24-20(30)16-6-4-5-7-17(16)23)26-27-21(28)31-12-18(29)25-15-10-8-14(22)9-11-15/h4-11,13H,3,12H2,1-2H3,(H,24,30)(H,25,29)/t13-/m0/s1. The van der Waals surface area contributed by atoms with Crippen LogP contribution in [0.3, 0.4) is 0 Å². The van der Waals surface area contributed by atoms with Crippen molar-refractivity contribution in [3.05, 3.63) is 71.6 Å². The molecule has 1 aromatic heterocycles. The molecule has 0 unspecified atom stereocenters. The summed E-state index contributed by atoms with van der Waals surface area (Å²) in [7, 11) is 0. The Morgan fingerprint density at radius 2 is 1.81 bits per heavy atom. The number of benzene rings is 2. The molecule has 2 aromatic carbocycles. The molecule has 3 aromatic rings. The summed E-state index contributed by atoms with van der Waals surface area (Å²) in [5.74, 6) is -1.24. The monoisotopic (exact) mass is 445 g/mol. The maximum absolute atomic E-state index is 13.8. The number of amides is 2. The second-order valence-electron chi connectivity index (χ2n) is 6.60. The van der Waals surface area contributed by atoms with Gasteiger partial charge in [0.15, 0.2) is 11.0 Å². The smallest absolute Gasteiger partial charge is 0.254 e. The summed E-state index contributed by atoms with van der Waals surface area (Å²) < 4.78 is 28.6. The second-order valence-corrected chi connectivity index (χ2v) is 7.55. The van der Waals surface area contributed by atoms with Crippen LogP contribution in [0.25, 0.3) is 0 Å². The third kappa shape index (κ3) is 5.66. The van der Waals surface area contributed by atoms with Crippen molar-refractivity contribution < 1.29 is 18.4 Å². The van der Waals surface area contributed by atoms with Crippen LogP contribution in [0, 0.1) is 11.6 Å². The van der Waals surface area contributed by atoms with E-state index in [2.05, 4.69) is 20.8 Å². The largest absolute Gasteiger partial charge is 0.342 e. The summed E-state index contributed by atoms with van der Waals surface area (Å²) >= 11 is 1.19. The second kappa shape index (κ2) is 10.2. The van der Waals surface area contributed by atoms with E-state index in [0.717, 1.165) is 0 Å². The maximum atomic E-state index is 13.8. The van der Waals surface area contributed by atoms with Crippen LogP contribution >= 0.6 is 11.8 Å². The molecule has 0 saturated carbocycles. The Hall–Kier alpha value is -3.27. The van der Waals surface area contributed by atoms with Crippen molar-refractivity contribution in [3.63, 3.8) is 0 Å². The number of anilines is 1. The molecule has 2 N–H and O–H groups in total. The number of carbonyl (C=O) groups excluding carboxylic acids is 2. The van der Waals surface area contributed by atoms with Crippen molar-refractivity contribution in [1.82, 2.24) is 20.1 Å². The summed E-state index contributed by atoms with van der Waals surface area (Å²) in [6, 6.07) is 10.7. The van der Waals surface area contributed by atoms with Crippen molar-refractivity contribution in [2.45, 2.75) is 31.6 Å². The van der Waals surface area contributed by atoms with Gasteiger partial charge in [-0.05, 0) is 50.2 Å². The number of rotatable bonds is 8. The number of nitrogens with one attached hydrogen (secondary N) is 2. The fraction of sp³-hybridized carbons (Fsp3) is 0.238. The average Bonchev–Trinajstić information content (AvgIpc) is 3.17. The van der Waals surface area contributed by atoms with E-state index in [1.54, 1.807) is 17.6 Å². The number of aromatic nitrogens is 3. The van der Waals surface area contributed by atoms with Crippen LogP contribution in [0.4, 0.5) is 14.5 Å². The zero-order chi connectivity index (χ0) is 22.4. The molecule has 10 heteroatoms. The number of nitrogens with zero attached hydrogens (tertiary/aromatic N) is 3. The van der Waals surface area contributed by atoms with Crippen molar-refractivity contribution >= 4 is 29.3 Å². The zero-order valence-electron chi connectivity index (χ0n) is 16.9. The predicted molar refractivity (Wildman–Crippen MR) is 114 cm³/mol. The lowest BCUT2D eigenvalue weighted by Crippen LogP contribution is -2.29. The van der Waals surface area contributed by atoms with E-state index in [0.29, 0.717) is 23.2 Å². The topological polar surface area (TPSA) is 88.9 Å². The fourth-order valence-electron chi connectivity index (χ4n) is 2.87. The molecule has 0 fully saturated rings. The fourth-order valence-corrected chi connectivity index (χ4v) is 3.68. The van der Waals surface area contributed by atoms with Crippen LogP contribution in [0.1, 0.15) is 36.1 Å². The summed E-state index contributed by atoms with van der Waals surface area (Å²) in [6.45, 7) is 4.13. The van der Waals surface area contributed by atoms with Gasteiger partial charge in [-0.3, -0.25) is 9.59 Å². The van der Waals surface area contributed by atoms with E-state index in [1.165, 1.54) is 54.2 Å². The lowest BCUT2D eigenvalue weighted by Gasteiger charge is -2.15. The molecule has 0 spiro atoms. The van der Waals surface area contributed by atoms with E-state index in [9.17, 15) is 18.4 Å². The molecular weight excluding hydrogens is 424 g/mol. The van der Waals surface area contributed by atoms with E-state index >= 15 is 0 Å². The lowest BCUT2D eigenvalue weighted by molar-refractivity contribution is -0.113. The highest BCUT2D eigenvalue weighted by molar-refractivity contribution is 7.99. The quantitative estimate of drug-likeness (QED) is 0.515. The first-order valence-electron chi connectivity index (χ1n) is 9.55. The average molecular weight is 445 g/mol. The Labute approximate surface area is 182 Å². The lowest BCUT2D eigenvalue weighted by atomic mass is 10.2. The van der Waals surface area contributed by atoms with Gasteiger partial charge < -0.3 is 15.2 Å². The van der Waals surface area contributed by atoms with E-state index in [4.69, 9.17) is 0 Å². The Bertz CT molecular complexity index is 1070. The zero-order valence-corrected chi connectivity index (χ0v) is 17.7. The molecule has 1 heterocycles. The van der Waals surface area contributed by atoms with Crippen molar-refractivity contribution in [3.8, 4) is 0 Å². The van der Waals surface area contributed by atoms with Crippen LogP contribution in [0.5, 0.6) is 0 Å². The maximum Gasteiger partial charge on any atom is 0.254 e. The highest BCUT2D eigenvalue weighted by Crippen LogP contribution is 2.21. The van der Waals surface area contributed by atoms with Crippen LogP contribution in [0.2, 0.25) is 0 Å². The molecule has 31 heavy (non-hydrogen) atoms. The molecule has 162 valence electrons. The Kier molecular flexibility index (Phi) is 7.35. The van der Waals surface area contributed by atoms with Crippen LogP contribution in [-0.4, -0.2) is 32.3 Å². The minimum atomic E-state index is -0.604. The Morgan fingerprint density at radius 3 is 2.48 bits per heavy atom. The Morgan fingerprint density at radius 1 is 1.10 bits per heavy atom. The number of hydrogen-bond acceptors (Lipinski definition) is 5. The molecule has 0 saturated heterocycles. The highest BCUT2D eigenvalue weighted by Gasteiger charge is 2.21. The molecule has 7 nitrogen and oxygen atoms in total. The van der Waals surface area contributed by atoms with Gasteiger partial charge in [-0.15, -0.1) is 10.2 Å². The first kappa shape index (κ1) is 22.4. The summed E-state index contributed by atoms with van der Waals surface area (Å²) in [5.41, 5.74) is 0.443. The molecule has 2 amide bonds. The molecule has 1 atom stereocenters. The minimum absolute atomic E-state index is 0.0519. The van der Waals surface area contributed by atoms with Crippen LogP contribution in [0.15, 0.2) is 53.7 Å². The normalized spacial score (nSPS) is 11.7. The van der Waals surface area contributed by atoms with Gasteiger partial charge >= 0.3 is 0 Å². The van der Waals surface area contributed by atoms with Gasteiger partial charge in [0.25, 0.3) is 5.91 Å². The van der Waals surface area contributed by atoms with Crippen LogP contribution in [-0.2, 0) is 11.3 Å². The number of carbonyl (C=O) groups is 2. The van der Waals surface area contributed by atoms with Crippen molar-refractivity contribution in [1.29, 1.82) is 0 Å². The first-order chi connectivity index (χ1) is 14.9. The van der Waals surface area contributed by atoms with Gasteiger partial charge in [-0.25, -0.2) is 8.78 Å². The molecular formula is C21H21F2N5O2S. The number of hydrogen-bond donors (Lipinski definition) is 2. The van der Waals surface area contributed by atoms with Gasteiger partial charge in [0.1, 0.15) is 11.6 Å². The SMILES string of the molecule is CCn1c(SCC(=O)Nc2ccc(F)cc2)nnc1[C@H](C)NC(=O)c1ccccc1F. The summed E-state index contributed by atoms with van der Waals surface area (Å²) in [5, 5.41) is 14.2. The van der Waals surface area contributed by atoms with Crippen molar-refractivity contribution in [2.24, 2.45) is 0 Å². The highest BCUT2D eigenvalue weighted by atomic mass is 32.2.